The molecule has 1 aliphatic rings. The quantitative estimate of drug-likeness (QED) is 0.759. The summed E-state index contributed by atoms with van der Waals surface area (Å²) in [5.74, 6) is -0.252. The van der Waals surface area contributed by atoms with Crippen molar-refractivity contribution in [1.82, 2.24) is 0 Å². The molecule has 0 heterocycles. The van der Waals surface area contributed by atoms with Crippen LogP contribution in [0.3, 0.4) is 0 Å². The smallest absolute Gasteiger partial charge is 0.337 e. The highest BCUT2D eigenvalue weighted by Gasteiger charge is 2.21. The third-order valence-electron chi connectivity index (χ3n) is 4.58. The number of carbonyl (C=O) groups excluding carboxylic acids is 1. The summed E-state index contributed by atoms with van der Waals surface area (Å²) in [6.07, 6.45) is 3.31. The number of aryl methyl sites for hydroxylation is 4. The van der Waals surface area contributed by atoms with E-state index < -0.39 is 0 Å². The summed E-state index contributed by atoms with van der Waals surface area (Å²) < 4.78 is 4.93. The van der Waals surface area contributed by atoms with Gasteiger partial charge in [-0.2, -0.15) is 0 Å². The molecule has 1 aliphatic carbocycles. The molecular weight excluding hydrogens is 272 g/mol. The van der Waals surface area contributed by atoms with Gasteiger partial charge in [-0.1, -0.05) is 17.7 Å². The minimum atomic E-state index is -0.252. The first-order valence-corrected chi connectivity index (χ1v) is 7.83. The van der Waals surface area contributed by atoms with E-state index in [1.54, 1.807) is 0 Å². The Morgan fingerprint density at radius 2 is 1.68 bits per heavy atom. The van der Waals surface area contributed by atoms with Gasteiger partial charge in [-0.25, -0.2) is 4.79 Å². The predicted octanol–water partition coefficient (Wildman–Crippen LogP) is 4.55. The second kappa shape index (κ2) is 5.60. The highest BCUT2D eigenvalue weighted by Crippen LogP contribution is 2.37. The zero-order valence-corrected chi connectivity index (χ0v) is 13.7. The van der Waals surface area contributed by atoms with E-state index in [1.807, 2.05) is 12.1 Å². The molecule has 0 aromatic heterocycles. The Balaban J connectivity index is 2.27. The third-order valence-corrected chi connectivity index (χ3v) is 4.58. The molecule has 2 aromatic rings. The average Bonchev–Trinajstić information content (AvgIpc) is 2.93. The summed E-state index contributed by atoms with van der Waals surface area (Å²) in [7, 11) is 1.44. The lowest BCUT2D eigenvalue weighted by atomic mass is 9.88. The second-order valence-corrected chi connectivity index (χ2v) is 6.28. The molecular formula is C20H22O2. The Morgan fingerprint density at radius 3 is 2.32 bits per heavy atom. The fourth-order valence-corrected chi connectivity index (χ4v) is 3.77. The second-order valence-electron chi connectivity index (χ2n) is 6.28. The summed E-state index contributed by atoms with van der Waals surface area (Å²) in [5, 5.41) is 0. The molecule has 0 amide bonds. The van der Waals surface area contributed by atoms with Crippen LogP contribution in [-0.2, 0) is 17.6 Å². The van der Waals surface area contributed by atoms with Gasteiger partial charge in [0.1, 0.15) is 0 Å². The minimum Gasteiger partial charge on any atom is -0.465 e. The summed E-state index contributed by atoms with van der Waals surface area (Å²) in [5.41, 5.74) is 9.68. The van der Waals surface area contributed by atoms with E-state index in [0.29, 0.717) is 5.56 Å². The van der Waals surface area contributed by atoms with Crippen LogP contribution in [0.25, 0.3) is 11.1 Å². The summed E-state index contributed by atoms with van der Waals surface area (Å²) in [6.45, 7) is 6.43. The van der Waals surface area contributed by atoms with Gasteiger partial charge in [0.05, 0.1) is 12.7 Å². The molecule has 0 unspecified atom stereocenters. The van der Waals surface area contributed by atoms with Crippen molar-refractivity contribution < 1.29 is 9.53 Å². The van der Waals surface area contributed by atoms with Crippen LogP contribution in [0.2, 0.25) is 0 Å². The van der Waals surface area contributed by atoms with Crippen molar-refractivity contribution in [3.8, 4) is 11.1 Å². The number of benzene rings is 2. The van der Waals surface area contributed by atoms with Gasteiger partial charge in [0.15, 0.2) is 0 Å². The van der Waals surface area contributed by atoms with Gasteiger partial charge in [0.25, 0.3) is 0 Å². The van der Waals surface area contributed by atoms with Crippen LogP contribution < -0.4 is 0 Å². The first kappa shape index (κ1) is 14.8. The number of hydrogen-bond acceptors (Lipinski definition) is 2. The van der Waals surface area contributed by atoms with E-state index in [1.165, 1.54) is 46.1 Å². The number of carbonyl (C=O) groups is 1. The van der Waals surface area contributed by atoms with Gasteiger partial charge >= 0.3 is 5.97 Å². The van der Waals surface area contributed by atoms with Crippen molar-refractivity contribution in [3.05, 3.63) is 57.6 Å². The van der Waals surface area contributed by atoms with Crippen LogP contribution in [0.5, 0.6) is 0 Å². The van der Waals surface area contributed by atoms with Crippen LogP contribution in [0.4, 0.5) is 0 Å². The summed E-state index contributed by atoms with van der Waals surface area (Å²) in [6, 6.07) is 8.46. The van der Waals surface area contributed by atoms with Crippen molar-refractivity contribution in [2.75, 3.05) is 7.11 Å². The Bertz CT molecular complexity index is 734. The van der Waals surface area contributed by atoms with Crippen LogP contribution >= 0.6 is 0 Å². The zero-order chi connectivity index (χ0) is 15.9. The Kier molecular flexibility index (Phi) is 3.78. The molecule has 0 aliphatic heterocycles. The Hall–Kier alpha value is -2.09. The Morgan fingerprint density at radius 1 is 1.00 bits per heavy atom. The average molecular weight is 294 g/mol. The van der Waals surface area contributed by atoms with Crippen molar-refractivity contribution in [1.29, 1.82) is 0 Å². The first-order valence-electron chi connectivity index (χ1n) is 7.83. The van der Waals surface area contributed by atoms with Crippen LogP contribution in [0.1, 0.15) is 44.6 Å². The number of methoxy groups -OCH3 is 1. The van der Waals surface area contributed by atoms with Gasteiger partial charge in [-0.05, 0) is 85.5 Å². The lowest BCUT2D eigenvalue weighted by Crippen LogP contribution is -2.04. The van der Waals surface area contributed by atoms with Crippen LogP contribution in [0.15, 0.2) is 24.3 Å². The number of rotatable bonds is 2. The molecule has 0 N–H and O–H groups in total. The molecule has 22 heavy (non-hydrogen) atoms. The fourth-order valence-electron chi connectivity index (χ4n) is 3.77. The number of esters is 1. The van der Waals surface area contributed by atoms with E-state index in [-0.39, 0.29) is 5.97 Å². The molecule has 2 heteroatoms. The minimum absolute atomic E-state index is 0.252. The lowest BCUT2D eigenvalue weighted by molar-refractivity contribution is 0.0600. The fraction of sp³-hybridized carbons (Fsp3) is 0.350. The molecule has 0 saturated carbocycles. The maximum atomic E-state index is 12.0. The molecule has 0 spiro atoms. The SMILES string of the molecule is COC(=O)c1cc2c(c(-c3c(C)cc(C)cc3C)c1)CCC2. The summed E-state index contributed by atoms with van der Waals surface area (Å²) >= 11 is 0. The van der Waals surface area contributed by atoms with E-state index in [9.17, 15) is 4.79 Å². The van der Waals surface area contributed by atoms with Crippen molar-refractivity contribution in [2.45, 2.75) is 40.0 Å². The van der Waals surface area contributed by atoms with E-state index in [0.717, 1.165) is 19.3 Å². The molecule has 0 fully saturated rings. The topological polar surface area (TPSA) is 26.3 Å². The molecule has 0 bridgehead atoms. The molecule has 2 aromatic carbocycles. The molecule has 0 atom stereocenters. The number of ether oxygens (including phenoxy) is 1. The van der Waals surface area contributed by atoms with Gasteiger partial charge in [0, 0.05) is 0 Å². The largest absolute Gasteiger partial charge is 0.465 e. The van der Waals surface area contributed by atoms with Crippen LogP contribution in [0, 0.1) is 20.8 Å². The number of hydrogen-bond donors (Lipinski definition) is 0. The van der Waals surface area contributed by atoms with E-state index >= 15 is 0 Å². The first-order chi connectivity index (χ1) is 10.5. The molecule has 3 rings (SSSR count). The van der Waals surface area contributed by atoms with Gasteiger partial charge in [-0.15, -0.1) is 0 Å². The maximum absolute atomic E-state index is 12.0. The normalized spacial score (nSPS) is 13.1. The molecule has 114 valence electrons. The lowest BCUT2D eigenvalue weighted by Gasteiger charge is -2.17. The third kappa shape index (κ3) is 2.43. The molecule has 2 nitrogen and oxygen atoms in total. The predicted molar refractivity (Wildman–Crippen MR) is 89.5 cm³/mol. The van der Waals surface area contributed by atoms with Gasteiger partial charge in [-0.3, -0.25) is 0 Å². The highest BCUT2D eigenvalue weighted by molar-refractivity contribution is 5.92. The highest BCUT2D eigenvalue weighted by atomic mass is 16.5. The van der Waals surface area contributed by atoms with E-state index in [4.69, 9.17) is 4.74 Å². The van der Waals surface area contributed by atoms with E-state index in [2.05, 4.69) is 32.9 Å². The molecule has 0 radical (unpaired) electrons. The van der Waals surface area contributed by atoms with Gasteiger partial charge in [0.2, 0.25) is 0 Å². The Labute approximate surface area is 132 Å². The monoisotopic (exact) mass is 294 g/mol. The zero-order valence-electron chi connectivity index (χ0n) is 13.7. The molecule has 0 saturated heterocycles. The summed E-state index contributed by atoms with van der Waals surface area (Å²) in [4.78, 5) is 12.0. The number of fused-ring (bicyclic) bond motifs is 1. The standard InChI is InChI=1S/C20H22O2/c1-12-8-13(2)19(14(3)9-12)18-11-16(20(21)22-4)10-15-6-5-7-17(15)18/h8-11H,5-7H2,1-4H3. The van der Waals surface area contributed by atoms with Crippen molar-refractivity contribution >= 4 is 5.97 Å². The van der Waals surface area contributed by atoms with Crippen molar-refractivity contribution in [2.24, 2.45) is 0 Å². The maximum Gasteiger partial charge on any atom is 0.337 e. The van der Waals surface area contributed by atoms with Crippen LogP contribution in [-0.4, -0.2) is 13.1 Å². The van der Waals surface area contributed by atoms with Crippen molar-refractivity contribution in [3.63, 3.8) is 0 Å². The van der Waals surface area contributed by atoms with Gasteiger partial charge < -0.3 is 4.74 Å².